The van der Waals surface area contributed by atoms with E-state index in [9.17, 15) is 4.79 Å². The number of benzene rings is 1. The lowest BCUT2D eigenvalue weighted by atomic mass is 9.80. The summed E-state index contributed by atoms with van der Waals surface area (Å²) in [6.45, 7) is 6.45. The Morgan fingerprint density at radius 1 is 1.32 bits per heavy atom. The average Bonchev–Trinajstić information content (AvgIpc) is 2.36. The van der Waals surface area contributed by atoms with Crippen LogP contribution in [0, 0.1) is 18.8 Å². The van der Waals surface area contributed by atoms with E-state index in [1.165, 1.54) is 12.8 Å². The summed E-state index contributed by atoms with van der Waals surface area (Å²) < 4.78 is 0. The molecule has 0 amide bonds. The standard InChI is InChI=1S/C16H23NO2/c1-10-7-8-11(2)15(9-10)17-14-6-4-5-13(12(14)3)16(18)19/h4-6,10-11,15,17H,7-9H2,1-3H3,(H,18,19). The van der Waals surface area contributed by atoms with Crippen molar-refractivity contribution in [3.05, 3.63) is 29.3 Å². The van der Waals surface area contributed by atoms with Crippen LogP contribution in [0.3, 0.4) is 0 Å². The van der Waals surface area contributed by atoms with Gasteiger partial charge in [0.25, 0.3) is 0 Å². The third-order valence-electron chi connectivity index (χ3n) is 4.36. The normalized spacial score (nSPS) is 27.0. The first kappa shape index (κ1) is 13.9. The Bertz CT molecular complexity index is 470. The van der Waals surface area contributed by atoms with Gasteiger partial charge >= 0.3 is 5.97 Å². The highest BCUT2D eigenvalue weighted by molar-refractivity contribution is 5.91. The number of carboxylic acids is 1. The van der Waals surface area contributed by atoms with Crippen molar-refractivity contribution in [1.82, 2.24) is 0 Å². The number of carboxylic acid groups (broad SMARTS) is 1. The molecule has 3 nitrogen and oxygen atoms in total. The second kappa shape index (κ2) is 5.64. The molecule has 0 spiro atoms. The minimum atomic E-state index is -0.855. The van der Waals surface area contributed by atoms with Crippen LogP contribution in [-0.2, 0) is 0 Å². The number of aromatic carboxylic acids is 1. The van der Waals surface area contributed by atoms with Crippen LogP contribution in [0.2, 0.25) is 0 Å². The molecule has 1 aliphatic carbocycles. The summed E-state index contributed by atoms with van der Waals surface area (Å²) in [6.07, 6.45) is 3.71. The number of anilines is 1. The zero-order chi connectivity index (χ0) is 14.0. The van der Waals surface area contributed by atoms with Crippen molar-refractivity contribution in [3.8, 4) is 0 Å². The second-order valence-electron chi connectivity index (χ2n) is 5.93. The molecule has 1 aromatic rings. The van der Waals surface area contributed by atoms with E-state index >= 15 is 0 Å². The molecule has 0 aromatic heterocycles. The third-order valence-corrected chi connectivity index (χ3v) is 4.36. The van der Waals surface area contributed by atoms with Gasteiger partial charge < -0.3 is 10.4 Å². The van der Waals surface area contributed by atoms with Gasteiger partial charge in [-0.2, -0.15) is 0 Å². The largest absolute Gasteiger partial charge is 0.478 e. The summed E-state index contributed by atoms with van der Waals surface area (Å²) in [4.78, 5) is 11.2. The molecule has 2 N–H and O–H groups in total. The molecule has 2 rings (SSSR count). The minimum Gasteiger partial charge on any atom is -0.478 e. The Morgan fingerprint density at radius 2 is 2.05 bits per heavy atom. The van der Waals surface area contributed by atoms with E-state index in [4.69, 9.17) is 5.11 Å². The average molecular weight is 261 g/mol. The summed E-state index contributed by atoms with van der Waals surface area (Å²) in [7, 11) is 0. The predicted molar refractivity (Wildman–Crippen MR) is 77.7 cm³/mol. The lowest BCUT2D eigenvalue weighted by Gasteiger charge is -2.34. The van der Waals surface area contributed by atoms with Gasteiger partial charge in [0.1, 0.15) is 0 Å². The van der Waals surface area contributed by atoms with Crippen LogP contribution in [0.4, 0.5) is 5.69 Å². The van der Waals surface area contributed by atoms with E-state index < -0.39 is 5.97 Å². The first-order valence-electron chi connectivity index (χ1n) is 7.08. The van der Waals surface area contributed by atoms with Crippen molar-refractivity contribution in [2.75, 3.05) is 5.32 Å². The number of nitrogens with one attached hydrogen (secondary N) is 1. The molecule has 0 aliphatic heterocycles. The van der Waals surface area contributed by atoms with Crippen molar-refractivity contribution in [2.24, 2.45) is 11.8 Å². The lowest BCUT2D eigenvalue weighted by molar-refractivity contribution is 0.0696. The van der Waals surface area contributed by atoms with Gasteiger partial charge in [-0.25, -0.2) is 4.79 Å². The zero-order valence-corrected chi connectivity index (χ0v) is 11.9. The Morgan fingerprint density at radius 3 is 2.74 bits per heavy atom. The molecule has 0 saturated heterocycles. The minimum absolute atomic E-state index is 0.390. The van der Waals surface area contributed by atoms with E-state index in [0.717, 1.165) is 23.6 Å². The van der Waals surface area contributed by atoms with Crippen LogP contribution in [0.25, 0.3) is 0 Å². The summed E-state index contributed by atoms with van der Waals surface area (Å²) >= 11 is 0. The first-order valence-corrected chi connectivity index (χ1v) is 7.08. The van der Waals surface area contributed by atoms with Crippen LogP contribution >= 0.6 is 0 Å². The van der Waals surface area contributed by atoms with E-state index in [0.29, 0.717) is 17.5 Å². The topological polar surface area (TPSA) is 49.3 Å². The fourth-order valence-corrected chi connectivity index (χ4v) is 2.96. The van der Waals surface area contributed by atoms with E-state index in [1.54, 1.807) is 6.07 Å². The molecular weight excluding hydrogens is 238 g/mol. The number of hydrogen-bond donors (Lipinski definition) is 2. The Labute approximate surface area is 115 Å². The highest BCUT2D eigenvalue weighted by atomic mass is 16.4. The van der Waals surface area contributed by atoms with Gasteiger partial charge in [-0.15, -0.1) is 0 Å². The quantitative estimate of drug-likeness (QED) is 0.866. The van der Waals surface area contributed by atoms with Crippen molar-refractivity contribution in [2.45, 2.75) is 46.1 Å². The van der Waals surface area contributed by atoms with Crippen molar-refractivity contribution in [3.63, 3.8) is 0 Å². The molecule has 19 heavy (non-hydrogen) atoms. The van der Waals surface area contributed by atoms with E-state index in [-0.39, 0.29) is 0 Å². The fourth-order valence-electron chi connectivity index (χ4n) is 2.96. The first-order chi connectivity index (χ1) is 8.99. The molecule has 1 aliphatic rings. The highest BCUT2D eigenvalue weighted by Gasteiger charge is 2.25. The van der Waals surface area contributed by atoms with Gasteiger partial charge in [-0.1, -0.05) is 26.3 Å². The molecule has 3 unspecified atom stereocenters. The summed E-state index contributed by atoms with van der Waals surface area (Å²) in [5, 5.41) is 12.7. The van der Waals surface area contributed by atoms with Crippen LogP contribution in [0.5, 0.6) is 0 Å². The van der Waals surface area contributed by atoms with E-state index in [2.05, 4.69) is 19.2 Å². The molecule has 0 radical (unpaired) electrons. The number of rotatable bonds is 3. The Balaban J connectivity index is 2.19. The van der Waals surface area contributed by atoms with Crippen molar-refractivity contribution >= 4 is 11.7 Å². The Hall–Kier alpha value is -1.51. The molecular formula is C16H23NO2. The molecule has 0 heterocycles. The zero-order valence-electron chi connectivity index (χ0n) is 11.9. The maximum atomic E-state index is 11.2. The third kappa shape index (κ3) is 3.09. The summed E-state index contributed by atoms with van der Waals surface area (Å²) in [5.74, 6) is 0.534. The van der Waals surface area contributed by atoms with Crippen molar-refractivity contribution in [1.29, 1.82) is 0 Å². The smallest absolute Gasteiger partial charge is 0.336 e. The molecule has 3 atom stereocenters. The van der Waals surface area contributed by atoms with Crippen LogP contribution in [-0.4, -0.2) is 17.1 Å². The predicted octanol–water partition coefficient (Wildman–Crippen LogP) is 3.93. The van der Waals surface area contributed by atoms with E-state index in [1.807, 2.05) is 19.1 Å². The van der Waals surface area contributed by atoms with Crippen LogP contribution < -0.4 is 5.32 Å². The monoisotopic (exact) mass is 261 g/mol. The molecule has 104 valence electrons. The van der Waals surface area contributed by atoms with Crippen LogP contribution in [0.15, 0.2) is 18.2 Å². The van der Waals surface area contributed by atoms with Gasteiger partial charge in [-0.3, -0.25) is 0 Å². The molecule has 1 saturated carbocycles. The Kier molecular flexibility index (Phi) is 4.13. The fraction of sp³-hybridized carbons (Fsp3) is 0.562. The molecule has 1 aromatic carbocycles. The second-order valence-corrected chi connectivity index (χ2v) is 5.93. The van der Waals surface area contributed by atoms with Gasteiger partial charge in [0.15, 0.2) is 0 Å². The number of hydrogen-bond acceptors (Lipinski definition) is 2. The summed E-state index contributed by atoms with van der Waals surface area (Å²) in [5.41, 5.74) is 2.19. The van der Waals surface area contributed by atoms with Crippen molar-refractivity contribution < 1.29 is 9.90 Å². The summed E-state index contributed by atoms with van der Waals surface area (Å²) in [6, 6.07) is 5.91. The van der Waals surface area contributed by atoms with Gasteiger partial charge in [0.05, 0.1) is 5.56 Å². The SMILES string of the molecule is Cc1c(NC2CC(C)CCC2C)cccc1C(=O)O. The van der Waals surface area contributed by atoms with Gasteiger partial charge in [-0.05, 0) is 49.3 Å². The number of carbonyl (C=O) groups is 1. The molecule has 3 heteroatoms. The molecule has 1 fully saturated rings. The maximum Gasteiger partial charge on any atom is 0.336 e. The maximum absolute atomic E-state index is 11.2. The van der Waals surface area contributed by atoms with Crippen LogP contribution in [0.1, 0.15) is 49.0 Å². The van der Waals surface area contributed by atoms with Gasteiger partial charge in [0, 0.05) is 11.7 Å². The highest BCUT2D eigenvalue weighted by Crippen LogP contribution is 2.31. The van der Waals surface area contributed by atoms with Gasteiger partial charge in [0.2, 0.25) is 0 Å². The molecule has 0 bridgehead atoms. The lowest BCUT2D eigenvalue weighted by Crippen LogP contribution is -2.33.